The predicted octanol–water partition coefficient (Wildman–Crippen LogP) is 2.17. The molecule has 0 bridgehead atoms. The molecule has 2 N–H and O–H groups in total. The van der Waals surface area contributed by atoms with Crippen LogP contribution < -0.4 is 5.73 Å². The summed E-state index contributed by atoms with van der Waals surface area (Å²) in [7, 11) is 1.62. The second-order valence-corrected chi connectivity index (χ2v) is 6.01. The molecule has 4 nitrogen and oxygen atoms in total. The highest BCUT2D eigenvalue weighted by Gasteiger charge is 2.27. The number of hydrogen-bond acceptors (Lipinski definition) is 3. The Kier molecular flexibility index (Phi) is 7.39. The Balaban J connectivity index is 2.57. The Morgan fingerprint density at radius 1 is 1.37 bits per heavy atom. The minimum atomic E-state index is -0.143. The molecule has 1 aliphatic rings. The number of nitrogens with zero attached hydrogens (tertiary/aromatic N) is 1. The van der Waals surface area contributed by atoms with Crippen molar-refractivity contribution in [3.05, 3.63) is 0 Å². The van der Waals surface area contributed by atoms with E-state index < -0.39 is 0 Å². The first-order valence-corrected chi connectivity index (χ1v) is 7.60. The molecule has 4 heteroatoms. The number of carbonyl (C=O) groups excluding carboxylic acids is 1. The van der Waals surface area contributed by atoms with Gasteiger partial charge in [-0.15, -0.1) is 0 Å². The molecule has 0 aromatic rings. The van der Waals surface area contributed by atoms with E-state index in [9.17, 15) is 4.79 Å². The number of hydrogen-bond donors (Lipinski definition) is 1. The maximum Gasteiger partial charge on any atom is 0.225 e. The molecular weight excluding hydrogens is 240 g/mol. The van der Waals surface area contributed by atoms with Crippen molar-refractivity contribution in [2.24, 2.45) is 11.7 Å². The van der Waals surface area contributed by atoms with Gasteiger partial charge in [0.05, 0.1) is 12.5 Å². The van der Waals surface area contributed by atoms with Crippen LogP contribution in [-0.2, 0) is 9.53 Å². The zero-order valence-electron chi connectivity index (χ0n) is 12.7. The Hall–Kier alpha value is -0.610. The quantitative estimate of drug-likeness (QED) is 0.735. The molecule has 1 fully saturated rings. The molecule has 1 atom stereocenters. The van der Waals surface area contributed by atoms with E-state index in [0.29, 0.717) is 24.9 Å². The lowest BCUT2D eigenvalue weighted by molar-refractivity contribution is -0.136. The fourth-order valence-electron chi connectivity index (χ4n) is 2.70. The summed E-state index contributed by atoms with van der Waals surface area (Å²) >= 11 is 0. The normalized spacial score (nSPS) is 17.9. The number of ether oxygens (including phenoxy) is 1. The summed E-state index contributed by atoms with van der Waals surface area (Å²) in [4.78, 5) is 14.6. The smallest absolute Gasteiger partial charge is 0.225 e. The molecule has 1 amide bonds. The number of carbonyl (C=O) groups is 1. The van der Waals surface area contributed by atoms with Crippen LogP contribution in [0.1, 0.15) is 52.4 Å². The molecule has 0 radical (unpaired) electrons. The van der Waals surface area contributed by atoms with E-state index in [-0.39, 0.29) is 12.0 Å². The van der Waals surface area contributed by atoms with Crippen molar-refractivity contribution < 1.29 is 9.53 Å². The molecule has 0 aliphatic heterocycles. The van der Waals surface area contributed by atoms with E-state index in [2.05, 4.69) is 18.7 Å². The number of rotatable bonds is 8. The molecule has 1 aliphatic carbocycles. The van der Waals surface area contributed by atoms with E-state index in [1.54, 1.807) is 7.11 Å². The van der Waals surface area contributed by atoms with Gasteiger partial charge in [0.25, 0.3) is 0 Å². The van der Waals surface area contributed by atoms with Gasteiger partial charge in [0.1, 0.15) is 0 Å². The Morgan fingerprint density at radius 2 is 2.00 bits per heavy atom. The van der Waals surface area contributed by atoms with Gasteiger partial charge >= 0.3 is 0 Å². The molecule has 112 valence electrons. The SMILES string of the molecule is COC(CN)CC(=O)N(CCC(C)C)C1CCCC1. The fourth-order valence-corrected chi connectivity index (χ4v) is 2.70. The van der Waals surface area contributed by atoms with Crippen LogP contribution in [0.25, 0.3) is 0 Å². The monoisotopic (exact) mass is 270 g/mol. The molecule has 0 spiro atoms. The van der Waals surface area contributed by atoms with Crippen LogP contribution in [0.2, 0.25) is 0 Å². The average molecular weight is 270 g/mol. The van der Waals surface area contributed by atoms with Crippen molar-refractivity contribution in [2.45, 2.75) is 64.5 Å². The van der Waals surface area contributed by atoms with Crippen molar-refractivity contribution in [1.29, 1.82) is 0 Å². The van der Waals surface area contributed by atoms with Gasteiger partial charge in [-0.2, -0.15) is 0 Å². The van der Waals surface area contributed by atoms with E-state index in [1.807, 2.05) is 0 Å². The van der Waals surface area contributed by atoms with Gasteiger partial charge in [0, 0.05) is 26.2 Å². The third-order valence-electron chi connectivity index (χ3n) is 4.03. The number of amides is 1. The Bertz CT molecular complexity index is 259. The maximum absolute atomic E-state index is 12.5. The van der Waals surface area contributed by atoms with Crippen molar-refractivity contribution in [2.75, 3.05) is 20.2 Å². The lowest BCUT2D eigenvalue weighted by atomic mass is 10.1. The van der Waals surface area contributed by atoms with Gasteiger partial charge in [-0.25, -0.2) is 0 Å². The first-order chi connectivity index (χ1) is 9.08. The zero-order chi connectivity index (χ0) is 14.3. The summed E-state index contributed by atoms with van der Waals surface area (Å²) in [5, 5.41) is 0. The van der Waals surface area contributed by atoms with Crippen LogP contribution in [0.3, 0.4) is 0 Å². The molecule has 0 aromatic carbocycles. The highest BCUT2D eigenvalue weighted by Crippen LogP contribution is 2.25. The summed E-state index contributed by atoms with van der Waals surface area (Å²) in [5.74, 6) is 0.842. The lowest BCUT2D eigenvalue weighted by Crippen LogP contribution is -2.42. The minimum Gasteiger partial charge on any atom is -0.380 e. The predicted molar refractivity (Wildman–Crippen MR) is 77.9 cm³/mol. The second kappa shape index (κ2) is 8.54. The second-order valence-electron chi connectivity index (χ2n) is 6.01. The Labute approximate surface area is 117 Å². The van der Waals surface area contributed by atoms with E-state index >= 15 is 0 Å². The number of nitrogens with two attached hydrogens (primary N) is 1. The van der Waals surface area contributed by atoms with Crippen LogP contribution >= 0.6 is 0 Å². The summed E-state index contributed by atoms with van der Waals surface area (Å²) in [6, 6.07) is 0.446. The zero-order valence-corrected chi connectivity index (χ0v) is 12.7. The van der Waals surface area contributed by atoms with E-state index in [1.165, 1.54) is 12.8 Å². The molecule has 1 unspecified atom stereocenters. The molecule has 0 heterocycles. The van der Waals surface area contributed by atoms with Gasteiger partial charge in [-0.05, 0) is 25.2 Å². The number of methoxy groups -OCH3 is 1. The van der Waals surface area contributed by atoms with Crippen molar-refractivity contribution in [3.8, 4) is 0 Å². The summed E-state index contributed by atoms with van der Waals surface area (Å²) in [5.41, 5.74) is 5.61. The minimum absolute atomic E-state index is 0.143. The van der Waals surface area contributed by atoms with Crippen LogP contribution in [0.5, 0.6) is 0 Å². The molecule has 0 aromatic heterocycles. The highest BCUT2D eigenvalue weighted by atomic mass is 16.5. The van der Waals surface area contributed by atoms with Crippen molar-refractivity contribution in [3.63, 3.8) is 0 Å². The van der Waals surface area contributed by atoms with Crippen LogP contribution in [0.15, 0.2) is 0 Å². The van der Waals surface area contributed by atoms with Gasteiger partial charge in [0.2, 0.25) is 5.91 Å². The summed E-state index contributed by atoms with van der Waals surface area (Å²) in [6.45, 7) is 5.69. The van der Waals surface area contributed by atoms with E-state index in [0.717, 1.165) is 25.8 Å². The topological polar surface area (TPSA) is 55.6 Å². The largest absolute Gasteiger partial charge is 0.380 e. The maximum atomic E-state index is 12.5. The van der Waals surface area contributed by atoms with Gasteiger partial charge in [-0.1, -0.05) is 26.7 Å². The standard InChI is InChI=1S/C15H30N2O2/c1-12(2)8-9-17(13-6-4-5-7-13)15(18)10-14(11-16)19-3/h12-14H,4-11,16H2,1-3H3. The van der Waals surface area contributed by atoms with Gasteiger partial charge < -0.3 is 15.4 Å². The van der Waals surface area contributed by atoms with Gasteiger partial charge in [0.15, 0.2) is 0 Å². The third kappa shape index (κ3) is 5.49. The summed E-state index contributed by atoms with van der Waals surface area (Å²) < 4.78 is 5.24. The first-order valence-electron chi connectivity index (χ1n) is 7.60. The molecule has 0 saturated heterocycles. The lowest BCUT2D eigenvalue weighted by Gasteiger charge is -2.31. The van der Waals surface area contributed by atoms with Crippen molar-refractivity contribution in [1.82, 2.24) is 4.90 Å². The first kappa shape index (κ1) is 16.4. The highest BCUT2D eigenvalue weighted by molar-refractivity contribution is 5.77. The van der Waals surface area contributed by atoms with Crippen LogP contribution in [0.4, 0.5) is 0 Å². The average Bonchev–Trinajstić information content (AvgIpc) is 2.89. The molecule has 19 heavy (non-hydrogen) atoms. The molecular formula is C15H30N2O2. The van der Waals surface area contributed by atoms with Gasteiger partial charge in [-0.3, -0.25) is 4.79 Å². The fraction of sp³-hybridized carbons (Fsp3) is 0.933. The molecule has 1 rings (SSSR count). The van der Waals surface area contributed by atoms with Crippen LogP contribution in [0, 0.1) is 5.92 Å². The Morgan fingerprint density at radius 3 is 2.47 bits per heavy atom. The molecule has 1 saturated carbocycles. The third-order valence-corrected chi connectivity index (χ3v) is 4.03. The van der Waals surface area contributed by atoms with Crippen molar-refractivity contribution >= 4 is 5.91 Å². The van der Waals surface area contributed by atoms with E-state index in [4.69, 9.17) is 10.5 Å². The summed E-state index contributed by atoms with van der Waals surface area (Å²) in [6.07, 6.45) is 6.16. The van der Waals surface area contributed by atoms with Crippen LogP contribution in [-0.4, -0.2) is 43.2 Å².